The number of nitrogens with zero attached hydrogens (tertiary/aromatic N) is 4. The van der Waals surface area contributed by atoms with E-state index in [-0.39, 0.29) is 6.54 Å². The lowest BCUT2D eigenvalue weighted by Crippen LogP contribution is -2.24. The number of halogens is 2. The lowest BCUT2D eigenvalue weighted by molar-refractivity contribution is 0.482. The van der Waals surface area contributed by atoms with Gasteiger partial charge in [-0.05, 0) is 71.8 Å². The summed E-state index contributed by atoms with van der Waals surface area (Å²) in [5.41, 5.74) is 3.00. The molecule has 0 fully saturated rings. The van der Waals surface area contributed by atoms with Crippen LogP contribution in [-0.4, -0.2) is 9.55 Å². The molecule has 7 heteroatoms. The van der Waals surface area contributed by atoms with Crippen LogP contribution in [0.15, 0.2) is 109 Å². The molecule has 0 saturated heterocycles. The number of hydrogen-bond donors (Lipinski definition) is 0. The summed E-state index contributed by atoms with van der Waals surface area (Å²) in [5, 5.41) is 9.06. The van der Waals surface area contributed by atoms with Crippen molar-refractivity contribution in [3.63, 3.8) is 0 Å². The van der Waals surface area contributed by atoms with Gasteiger partial charge in [-0.3, -0.25) is 0 Å². The number of imidazole rings is 1. The Morgan fingerprint density at radius 3 is 2.16 bits per heavy atom. The number of nitriles is 1. The third-order valence-electron chi connectivity index (χ3n) is 6.05. The van der Waals surface area contributed by atoms with E-state index in [0.29, 0.717) is 30.0 Å². The number of anilines is 1. The number of para-hydroxylation sites is 1. The summed E-state index contributed by atoms with van der Waals surface area (Å²) in [4.78, 5) is 6.57. The largest absolute Gasteiger partial charge is 0.457 e. The van der Waals surface area contributed by atoms with Crippen LogP contribution in [0.4, 0.5) is 14.5 Å². The topological polar surface area (TPSA) is 54.1 Å². The molecule has 0 aliphatic rings. The molecular weight excluding hydrogens is 482 g/mol. The molecule has 0 unspecified atom stereocenters. The highest BCUT2D eigenvalue weighted by molar-refractivity contribution is 5.50. The van der Waals surface area contributed by atoms with Gasteiger partial charge in [0, 0.05) is 37.2 Å². The van der Waals surface area contributed by atoms with E-state index in [1.54, 1.807) is 18.3 Å². The second kappa shape index (κ2) is 11.4. The molecule has 0 amide bonds. The molecule has 0 saturated carbocycles. The van der Waals surface area contributed by atoms with Gasteiger partial charge in [-0.15, -0.1) is 0 Å². The van der Waals surface area contributed by atoms with Crippen LogP contribution in [0.5, 0.6) is 11.5 Å². The average molecular weight is 507 g/mol. The minimum absolute atomic E-state index is 0.275. The molecule has 0 aliphatic heterocycles. The average Bonchev–Trinajstić information content (AvgIpc) is 3.35. The van der Waals surface area contributed by atoms with Gasteiger partial charge in [-0.2, -0.15) is 5.26 Å². The predicted molar refractivity (Wildman–Crippen MR) is 142 cm³/mol. The maximum atomic E-state index is 14.0. The Bertz CT molecular complexity index is 1520. The van der Waals surface area contributed by atoms with Crippen molar-refractivity contribution in [2.24, 2.45) is 0 Å². The second-order valence-electron chi connectivity index (χ2n) is 8.82. The van der Waals surface area contributed by atoms with Crippen LogP contribution in [0.3, 0.4) is 0 Å². The normalized spacial score (nSPS) is 10.7. The fraction of sp³-hybridized carbons (Fsp3) is 0.0968. The molecule has 5 aromatic rings. The minimum atomic E-state index is -0.617. The lowest BCUT2D eigenvalue weighted by Gasteiger charge is -2.25. The van der Waals surface area contributed by atoms with Crippen molar-refractivity contribution in [2.75, 3.05) is 4.90 Å². The van der Waals surface area contributed by atoms with Gasteiger partial charge in [0.1, 0.15) is 29.0 Å². The lowest BCUT2D eigenvalue weighted by atomic mass is 10.1. The van der Waals surface area contributed by atoms with Gasteiger partial charge in [0.2, 0.25) is 0 Å². The molecule has 5 nitrogen and oxygen atoms in total. The molecule has 5 rings (SSSR count). The van der Waals surface area contributed by atoms with Crippen molar-refractivity contribution in [3.8, 4) is 17.6 Å². The van der Waals surface area contributed by atoms with E-state index in [1.807, 2.05) is 82.4 Å². The number of hydrogen-bond acceptors (Lipinski definition) is 4. The summed E-state index contributed by atoms with van der Waals surface area (Å²) >= 11 is 0. The van der Waals surface area contributed by atoms with Gasteiger partial charge in [0.15, 0.2) is 0 Å². The zero-order valence-corrected chi connectivity index (χ0v) is 20.5. The van der Waals surface area contributed by atoms with E-state index < -0.39 is 11.6 Å². The van der Waals surface area contributed by atoms with Crippen LogP contribution in [0.2, 0.25) is 0 Å². The van der Waals surface area contributed by atoms with Gasteiger partial charge >= 0.3 is 0 Å². The third kappa shape index (κ3) is 6.23. The Labute approximate surface area is 219 Å². The first-order chi connectivity index (χ1) is 18.6. The maximum absolute atomic E-state index is 14.0. The van der Waals surface area contributed by atoms with E-state index in [2.05, 4.69) is 11.1 Å². The van der Waals surface area contributed by atoms with E-state index in [9.17, 15) is 8.78 Å². The molecule has 1 heterocycles. The van der Waals surface area contributed by atoms with Crippen LogP contribution >= 0.6 is 0 Å². The Kier molecular flexibility index (Phi) is 7.42. The molecule has 188 valence electrons. The smallest absolute Gasteiger partial charge is 0.128 e. The van der Waals surface area contributed by atoms with Crippen LogP contribution in [-0.2, 0) is 19.6 Å². The summed E-state index contributed by atoms with van der Waals surface area (Å²) in [5.74, 6) is 0.967. The van der Waals surface area contributed by atoms with Crippen molar-refractivity contribution in [3.05, 3.63) is 144 Å². The summed E-state index contributed by atoms with van der Waals surface area (Å²) < 4.78 is 35.9. The first-order valence-electron chi connectivity index (χ1n) is 12.1. The summed E-state index contributed by atoms with van der Waals surface area (Å²) in [6, 6.07) is 30.2. The molecular formula is C31H24F2N4O. The van der Waals surface area contributed by atoms with Gasteiger partial charge in [-0.25, -0.2) is 13.8 Å². The number of benzene rings is 4. The predicted octanol–water partition coefficient (Wildman–Crippen LogP) is 7.08. The van der Waals surface area contributed by atoms with Crippen LogP contribution in [0.25, 0.3) is 0 Å². The summed E-state index contributed by atoms with van der Waals surface area (Å²) in [7, 11) is 0. The number of rotatable bonds is 9. The molecule has 1 aromatic heterocycles. The molecule has 0 aliphatic carbocycles. The Balaban J connectivity index is 1.40. The highest BCUT2D eigenvalue weighted by Gasteiger charge is 2.14. The molecule has 0 spiro atoms. The highest BCUT2D eigenvalue weighted by atomic mass is 19.1. The van der Waals surface area contributed by atoms with Crippen molar-refractivity contribution in [1.82, 2.24) is 9.55 Å². The SMILES string of the molecule is N#Cc1ccc(Cn2ccnc2CN(Cc2cc(F)cc(F)c2)c2ccc(Oc3ccccc3)cc2)cc1. The summed E-state index contributed by atoms with van der Waals surface area (Å²) in [6.45, 7) is 1.25. The zero-order chi connectivity index (χ0) is 26.3. The minimum Gasteiger partial charge on any atom is -0.457 e. The summed E-state index contributed by atoms with van der Waals surface area (Å²) in [6.07, 6.45) is 3.63. The van der Waals surface area contributed by atoms with Crippen LogP contribution < -0.4 is 9.64 Å². The monoisotopic (exact) mass is 506 g/mol. The van der Waals surface area contributed by atoms with E-state index in [0.717, 1.165) is 28.9 Å². The van der Waals surface area contributed by atoms with E-state index in [4.69, 9.17) is 10.00 Å². The van der Waals surface area contributed by atoms with Crippen molar-refractivity contribution >= 4 is 5.69 Å². The van der Waals surface area contributed by atoms with E-state index >= 15 is 0 Å². The zero-order valence-electron chi connectivity index (χ0n) is 20.5. The van der Waals surface area contributed by atoms with Crippen LogP contribution in [0.1, 0.15) is 22.5 Å². The van der Waals surface area contributed by atoms with Crippen molar-refractivity contribution in [2.45, 2.75) is 19.6 Å². The standard InChI is InChI=1S/C31H24F2N4O/c32-26-16-25(17-27(33)18-26)21-37(28-10-12-30(13-11-28)38-29-4-2-1-3-5-29)22-31-35-14-15-36(31)20-24-8-6-23(19-34)7-9-24/h1-18H,20-22H2. The maximum Gasteiger partial charge on any atom is 0.128 e. The number of aromatic nitrogens is 2. The fourth-order valence-electron chi connectivity index (χ4n) is 4.20. The molecule has 38 heavy (non-hydrogen) atoms. The third-order valence-corrected chi connectivity index (χ3v) is 6.05. The Morgan fingerprint density at radius 2 is 1.47 bits per heavy atom. The van der Waals surface area contributed by atoms with Gasteiger partial charge < -0.3 is 14.2 Å². The van der Waals surface area contributed by atoms with Crippen molar-refractivity contribution < 1.29 is 13.5 Å². The first kappa shape index (κ1) is 24.7. The molecule has 0 N–H and O–H groups in total. The van der Waals surface area contributed by atoms with Gasteiger partial charge in [0.25, 0.3) is 0 Å². The van der Waals surface area contributed by atoms with Gasteiger partial charge in [-0.1, -0.05) is 30.3 Å². The second-order valence-corrected chi connectivity index (χ2v) is 8.82. The first-order valence-corrected chi connectivity index (χ1v) is 12.1. The molecule has 4 aromatic carbocycles. The Morgan fingerprint density at radius 1 is 0.789 bits per heavy atom. The number of ether oxygens (including phenoxy) is 1. The van der Waals surface area contributed by atoms with Crippen LogP contribution in [0, 0.1) is 23.0 Å². The van der Waals surface area contributed by atoms with E-state index in [1.165, 1.54) is 12.1 Å². The quantitative estimate of drug-likeness (QED) is 0.214. The van der Waals surface area contributed by atoms with Gasteiger partial charge in [0.05, 0.1) is 18.2 Å². The van der Waals surface area contributed by atoms with Crippen molar-refractivity contribution in [1.29, 1.82) is 5.26 Å². The molecule has 0 atom stereocenters. The highest BCUT2D eigenvalue weighted by Crippen LogP contribution is 2.27. The molecule has 0 bridgehead atoms. The Hall–Kier alpha value is -4.96. The fourth-order valence-corrected chi connectivity index (χ4v) is 4.20. The molecule has 0 radical (unpaired) electrons.